The minimum absolute atomic E-state index is 0.294. The average molecular weight is 480 g/mol. The highest BCUT2D eigenvalue weighted by Gasteiger charge is 2.17. The van der Waals surface area contributed by atoms with E-state index in [4.69, 9.17) is 9.47 Å². The third kappa shape index (κ3) is 5.24. The molecule has 0 unspecified atom stereocenters. The van der Waals surface area contributed by atoms with Crippen LogP contribution in [0.1, 0.15) is 22.8 Å². The van der Waals surface area contributed by atoms with E-state index in [1.807, 2.05) is 37.3 Å². The van der Waals surface area contributed by atoms with E-state index in [2.05, 4.69) is 31.4 Å². The van der Waals surface area contributed by atoms with Crippen LogP contribution < -0.4 is 14.8 Å². The Hall–Kier alpha value is -2.10. The number of hydrogen-bond donors (Lipinski definition) is 1. The molecule has 0 saturated heterocycles. The van der Waals surface area contributed by atoms with E-state index >= 15 is 0 Å². The third-order valence-corrected chi connectivity index (χ3v) is 6.06. The quantitative estimate of drug-likeness (QED) is 0.351. The van der Waals surface area contributed by atoms with E-state index < -0.39 is 0 Å². The van der Waals surface area contributed by atoms with Crippen molar-refractivity contribution in [2.24, 2.45) is 0 Å². The molecule has 6 nitrogen and oxygen atoms in total. The van der Waals surface area contributed by atoms with Crippen LogP contribution in [0.15, 0.2) is 51.3 Å². The number of benzene rings is 2. The van der Waals surface area contributed by atoms with E-state index in [1.54, 1.807) is 23.9 Å². The van der Waals surface area contributed by atoms with Gasteiger partial charge >= 0.3 is 0 Å². The van der Waals surface area contributed by atoms with E-state index in [9.17, 15) is 4.79 Å². The number of aromatic nitrogens is 2. The Bertz CT molecular complexity index is 951. The van der Waals surface area contributed by atoms with Gasteiger partial charge in [-0.15, -0.1) is 10.2 Å². The molecular formula is C19H18BrN3O3S2. The summed E-state index contributed by atoms with van der Waals surface area (Å²) in [5, 5.41) is 11.3. The fourth-order valence-electron chi connectivity index (χ4n) is 2.33. The fraction of sp³-hybridized carbons (Fsp3) is 0.211. The zero-order chi connectivity index (χ0) is 19.9. The second-order valence-electron chi connectivity index (χ2n) is 5.52. The van der Waals surface area contributed by atoms with Gasteiger partial charge in [-0.05, 0) is 39.4 Å². The molecule has 0 aliphatic carbocycles. The lowest BCUT2D eigenvalue weighted by Gasteiger charge is -2.14. The first-order valence-corrected chi connectivity index (χ1v) is 11.0. The van der Waals surface area contributed by atoms with Crippen molar-refractivity contribution in [2.45, 2.75) is 17.9 Å². The maximum absolute atomic E-state index is 12.6. The molecule has 2 aromatic carbocycles. The van der Waals surface area contributed by atoms with Crippen LogP contribution in [-0.4, -0.2) is 29.0 Å². The predicted molar refractivity (Wildman–Crippen MR) is 116 cm³/mol. The van der Waals surface area contributed by atoms with Gasteiger partial charge in [0, 0.05) is 5.56 Å². The summed E-state index contributed by atoms with van der Waals surface area (Å²) in [4.78, 5) is 12.6. The van der Waals surface area contributed by atoms with Crippen LogP contribution in [0, 0.1) is 0 Å². The van der Waals surface area contributed by atoms with E-state index in [0.717, 1.165) is 15.7 Å². The lowest BCUT2D eigenvalue weighted by Crippen LogP contribution is -2.12. The van der Waals surface area contributed by atoms with Gasteiger partial charge < -0.3 is 9.47 Å². The van der Waals surface area contributed by atoms with Gasteiger partial charge in [0.2, 0.25) is 5.13 Å². The molecule has 3 aromatic rings. The number of carbonyl (C=O) groups excluding carboxylic acids is 1. The summed E-state index contributed by atoms with van der Waals surface area (Å²) in [6.07, 6.45) is 0. The molecule has 0 spiro atoms. The lowest BCUT2D eigenvalue weighted by atomic mass is 10.2. The van der Waals surface area contributed by atoms with Crippen LogP contribution in [0.25, 0.3) is 0 Å². The summed E-state index contributed by atoms with van der Waals surface area (Å²) in [5.41, 5.74) is 1.46. The van der Waals surface area contributed by atoms with Gasteiger partial charge in [0.25, 0.3) is 5.91 Å². The van der Waals surface area contributed by atoms with Crippen LogP contribution >= 0.6 is 39.0 Å². The molecular weight excluding hydrogens is 462 g/mol. The minimum Gasteiger partial charge on any atom is -0.493 e. The van der Waals surface area contributed by atoms with Gasteiger partial charge in [0.1, 0.15) is 6.61 Å². The zero-order valence-corrected chi connectivity index (χ0v) is 18.5. The number of anilines is 1. The van der Waals surface area contributed by atoms with Crippen molar-refractivity contribution in [3.8, 4) is 11.5 Å². The summed E-state index contributed by atoms with van der Waals surface area (Å²) in [5.74, 6) is 1.62. The SMILES string of the molecule is CCSc1nnc(NC(=O)c2cc(Br)c(OCc3ccccc3)c(OC)c2)s1. The molecule has 0 aliphatic heterocycles. The van der Waals surface area contributed by atoms with Gasteiger partial charge in [-0.3, -0.25) is 10.1 Å². The molecule has 1 heterocycles. The smallest absolute Gasteiger partial charge is 0.257 e. The van der Waals surface area contributed by atoms with Crippen molar-refractivity contribution in [2.75, 3.05) is 18.2 Å². The number of thioether (sulfide) groups is 1. The third-order valence-electron chi connectivity index (χ3n) is 3.61. The number of rotatable bonds is 8. The maximum atomic E-state index is 12.6. The molecule has 3 rings (SSSR count). The van der Waals surface area contributed by atoms with Crippen molar-refractivity contribution in [3.05, 3.63) is 58.1 Å². The molecule has 0 aliphatic rings. The molecule has 0 radical (unpaired) electrons. The Morgan fingerprint density at radius 3 is 2.75 bits per heavy atom. The first kappa shape index (κ1) is 20.6. The van der Waals surface area contributed by atoms with Gasteiger partial charge in [-0.2, -0.15) is 0 Å². The minimum atomic E-state index is -0.294. The summed E-state index contributed by atoms with van der Waals surface area (Å²) in [6, 6.07) is 13.2. The van der Waals surface area contributed by atoms with Crippen LogP contribution in [-0.2, 0) is 6.61 Å². The van der Waals surface area contributed by atoms with Crippen LogP contribution in [0.4, 0.5) is 5.13 Å². The van der Waals surface area contributed by atoms with E-state index in [-0.39, 0.29) is 5.91 Å². The van der Waals surface area contributed by atoms with Crippen molar-refractivity contribution in [1.82, 2.24) is 10.2 Å². The molecule has 1 amide bonds. The predicted octanol–water partition coefficient (Wildman–Crippen LogP) is 5.25. The first-order valence-electron chi connectivity index (χ1n) is 8.42. The number of ether oxygens (including phenoxy) is 2. The Morgan fingerprint density at radius 2 is 2.04 bits per heavy atom. The van der Waals surface area contributed by atoms with Crippen LogP contribution in [0.5, 0.6) is 11.5 Å². The number of hydrogen-bond acceptors (Lipinski definition) is 7. The molecule has 1 N–H and O–H groups in total. The number of nitrogens with one attached hydrogen (secondary N) is 1. The molecule has 0 bridgehead atoms. The highest BCUT2D eigenvalue weighted by molar-refractivity contribution is 9.10. The normalized spacial score (nSPS) is 10.5. The summed E-state index contributed by atoms with van der Waals surface area (Å²) < 4.78 is 12.8. The van der Waals surface area contributed by atoms with Crippen molar-refractivity contribution >= 4 is 50.1 Å². The average Bonchev–Trinajstić information content (AvgIpc) is 3.14. The van der Waals surface area contributed by atoms with Gasteiger partial charge in [-0.25, -0.2) is 0 Å². The second-order valence-corrected chi connectivity index (χ2v) is 8.87. The Kier molecular flexibility index (Phi) is 7.30. The van der Waals surface area contributed by atoms with Crippen molar-refractivity contribution in [3.63, 3.8) is 0 Å². The number of nitrogens with zero attached hydrogens (tertiary/aromatic N) is 2. The van der Waals surface area contributed by atoms with E-state index in [0.29, 0.717) is 33.3 Å². The molecule has 0 fully saturated rings. The Balaban J connectivity index is 1.74. The largest absolute Gasteiger partial charge is 0.493 e. The molecule has 0 atom stereocenters. The zero-order valence-electron chi connectivity index (χ0n) is 15.3. The Labute approximate surface area is 179 Å². The highest BCUT2D eigenvalue weighted by Crippen LogP contribution is 2.37. The highest BCUT2D eigenvalue weighted by atomic mass is 79.9. The number of halogens is 1. The van der Waals surface area contributed by atoms with E-state index in [1.165, 1.54) is 18.4 Å². The molecule has 1 aromatic heterocycles. The van der Waals surface area contributed by atoms with Crippen molar-refractivity contribution < 1.29 is 14.3 Å². The molecule has 9 heteroatoms. The van der Waals surface area contributed by atoms with Crippen LogP contribution in [0.2, 0.25) is 0 Å². The van der Waals surface area contributed by atoms with Crippen LogP contribution in [0.3, 0.4) is 0 Å². The number of carbonyl (C=O) groups is 1. The van der Waals surface area contributed by atoms with Crippen molar-refractivity contribution in [1.29, 1.82) is 0 Å². The standard InChI is InChI=1S/C19H18BrN3O3S2/c1-3-27-19-23-22-18(28-19)21-17(24)13-9-14(20)16(15(10-13)25-2)26-11-12-7-5-4-6-8-12/h4-10H,3,11H2,1-2H3,(H,21,22,24). The first-order chi connectivity index (χ1) is 13.6. The maximum Gasteiger partial charge on any atom is 0.257 e. The monoisotopic (exact) mass is 479 g/mol. The van der Waals surface area contributed by atoms with Gasteiger partial charge in [-0.1, -0.05) is 60.4 Å². The molecule has 0 saturated carbocycles. The lowest BCUT2D eigenvalue weighted by molar-refractivity contribution is 0.102. The topological polar surface area (TPSA) is 73.3 Å². The summed E-state index contributed by atoms with van der Waals surface area (Å²) >= 11 is 6.40. The van der Waals surface area contributed by atoms with Gasteiger partial charge in [0.15, 0.2) is 15.8 Å². The summed E-state index contributed by atoms with van der Waals surface area (Å²) in [7, 11) is 1.54. The number of amides is 1. The second kappa shape index (κ2) is 9.90. The fourth-order valence-corrected chi connectivity index (χ4v) is 4.53. The molecule has 28 heavy (non-hydrogen) atoms. The summed E-state index contributed by atoms with van der Waals surface area (Å²) in [6.45, 7) is 2.43. The Morgan fingerprint density at radius 1 is 1.25 bits per heavy atom. The number of methoxy groups -OCH3 is 1. The molecule has 146 valence electrons. The van der Waals surface area contributed by atoms with Gasteiger partial charge in [0.05, 0.1) is 11.6 Å².